The van der Waals surface area contributed by atoms with Crippen LogP contribution in [0.4, 0.5) is 0 Å². The molecule has 1 saturated heterocycles. The van der Waals surface area contributed by atoms with E-state index in [1.54, 1.807) is 0 Å². The smallest absolute Gasteiger partial charge is 0.102 e. The molecule has 1 aliphatic carbocycles. The first-order chi connectivity index (χ1) is 7.72. The predicted molar refractivity (Wildman–Crippen MR) is 72.6 cm³/mol. The Hall–Kier alpha value is 1.51. The number of rotatable bonds is 2. The Morgan fingerprint density at radius 1 is 1.35 bits per heavy atom. The number of thioether (sulfide) groups is 2. The summed E-state index contributed by atoms with van der Waals surface area (Å²) in [6, 6.07) is -0.522. The molecule has 0 aromatic heterocycles. The van der Waals surface area contributed by atoms with Crippen LogP contribution in [0.2, 0.25) is 0 Å². The van der Waals surface area contributed by atoms with Crippen LogP contribution >= 0.6 is 23.5 Å². The number of carbonyl (C=O) groups excluding carboxylic acids is 1. The van der Waals surface area contributed by atoms with Crippen LogP contribution in [0.25, 0.3) is 5.73 Å². The number of aldehydes is 1. The number of hydrogen-bond donors (Lipinski definition) is 0. The maximum absolute atomic E-state index is 10.7. The van der Waals surface area contributed by atoms with Gasteiger partial charge < -0.3 is 10.5 Å². The maximum Gasteiger partial charge on any atom is 0.102 e. The molecule has 0 amide bonds. The van der Waals surface area contributed by atoms with Gasteiger partial charge in [0.2, 0.25) is 0 Å². The molecule has 1 saturated carbocycles. The Labute approximate surface area is 148 Å². The third-order valence-corrected chi connectivity index (χ3v) is 6.23. The molecule has 3 unspecified atom stereocenters. The van der Waals surface area contributed by atoms with E-state index in [2.05, 4.69) is 6.92 Å². The van der Waals surface area contributed by atoms with Gasteiger partial charge in [0, 0.05) is 48.3 Å². The SMILES string of the molecule is CC1CC(=C2SCCCS2)CC1C([NH-])C=O.[Ac]. The van der Waals surface area contributed by atoms with E-state index in [1.165, 1.54) is 27.7 Å². The maximum atomic E-state index is 10.7. The second-order valence-corrected chi connectivity index (χ2v) is 7.12. The van der Waals surface area contributed by atoms with Crippen LogP contribution in [-0.2, 0) is 4.79 Å². The van der Waals surface area contributed by atoms with Gasteiger partial charge in [-0.25, -0.2) is 0 Å². The van der Waals surface area contributed by atoms with E-state index >= 15 is 0 Å². The van der Waals surface area contributed by atoms with Gasteiger partial charge in [-0.05, 0) is 48.2 Å². The fraction of sp³-hybridized carbons (Fsp3) is 0.750. The number of allylic oxidation sites excluding steroid dienone is 1. The summed E-state index contributed by atoms with van der Waals surface area (Å²) < 4.78 is 1.50. The summed E-state index contributed by atoms with van der Waals surface area (Å²) in [5.74, 6) is 3.23. The molecule has 5 heteroatoms. The minimum absolute atomic E-state index is 0. The molecule has 0 aromatic carbocycles. The third kappa shape index (κ3) is 4.24. The van der Waals surface area contributed by atoms with E-state index in [1.807, 2.05) is 23.5 Å². The van der Waals surface area contributed by atoms with Gasteiger partial charge in [-0.3, -0.25) is 0 Å². The quantitative estimate of drug-likeness (QED) is 0.563. The van der Waals surface area contributed by atoms with Crippen LogP contribution in [0.3, 0.4) is 0 Å². The van der Waals surface area contributed by atoms with Crippen molar-refractivity contribution < 1.29 is 48.9 Å². The Morgan fingerprint density at radius 2 is 2.00 bits per heavy atom. The fourth-order valence-corrected chi connectivity index (χ4v) is 5.20. The summed E-state index contributed by atoms with van der Waals surface area (Å²) in [4.78, 5) is 10.7. The Kier molecular flexibility index (Phi) is 7.74. The molecule has 0 spiro atoms. The first-order valence-electron chi connectivity index (χ1n) is 5.86. The summed E-state index contributed by atoms with van der Waals surface area (Å²) in [7, 11) is 0. The molecule has 1 aliphatic heterocycles. The standard InChI is InChI=1S/C12H18NOS2.Ac/c1-8-5-9(6-10(8)11(13)7-14)12-15-3-2-4-16-12;/h7-8,10-11,13H,2-6H2,1H3;/q-1;. The average molecular weight is 483 g/mol. The van der Waals surface area contributed by atoms with Crippen molar-refractivity contribution in [2.45, 2.75) is 32.2 Å². The largest absolute Gasteiger partial charge is 0.668 e. The van der Waals surface area contributed by atoms with Crippen molar-refractivity contribution in [3.8, 4) is 0 Å². The van der Waals surface area contributed by atoms with E-state index in [0.29, 0.717) is 5.92 Å². The molecule has 1 radical (unpaired) electrons. The van der Waals surface area contributed by atoms with Gasteiger partial charge in [0.25, 0.3) is 0 Å². The molecule has 93 valence electrons. The summed E-state index contributed by atoms with van der Waals surface area (Å²) in [6.07, 6.45) is 4.18. The zero-order valence-corrected chi connectivity index (χ0v) is 16.5. The molecule has 17 heavy (non-hydrogen) atoms. The molecule has 1 heterocycles. The first-order valence-corrected chi connectivity index (χ1v) is 7.83. The van der Waals surface area contributed by atoms with Crippen molar-refractivity contribution in [3.05, 3.63) is 15.5 Å². The molecule has 2 aliphatic rings. The van der Waals surface area contributed by atoms with Crippen molar-refractivity contribution in [2.24, 2.45) is 11.8 Å². The van der Waals surface area contributed by atoms with Gasteiger partial charge in [0.15, 0.2) is 0 Å². The third-order valence-electron chi connectivity index (χ3n) is 3.43. The Morgan fingerprint density at radius 3 is 2.59 bits per heavy atom. The summed E-state index contributed by atoms with van der Waals surface area (Å²) in [5.41, 5.74) is 9.27. The monoisotopic (exact) mass is 483 g/mol. The van der Waals surface area contributed by atoms with E-state index < -0.39 is 6.04 Å². The van der Waals surface area contributed by atoms with Crippen molar-refractivity contribution in [1.29, 1.82) is 0 Å². The Balaban J connectivity index is 0.00000144. The molecule has 1 N–H and O–H groups in total. The van der Waals surface area contributed by atoms with Crippen LogP contribution < -0.4 is 0 Å². The zero-order valence-electron chi connectivity index (χ0n) is 10.1. The molecular formula is C12H18AcNOS2-. The van der Waals surface area contributed by atoms with E-state index in [0.717, 1.165) is 19.1 Å². The van der Waals surface area contributed by atoms with Crippen LogP contribution in [0.1, 0.15) is 26.2 Å². The van der Waals surface area contributed by atoms with Crippen LogP contribution in [0.15, 0.2) is 9.81 Å². The van der Waals surface area contributed by atoms with E-state index in [4.69, 9.17) is 5.73 Å². The number of nitrogens with one attached hydrogen (secondary N) is 1. The van der Waals surface area contributed by atoms with Gasteiger partial charge in [0.1, 0.15) is 6.29 Å². The van der Waals surface area contributed by atoms with E-state index in [9.17, 15) is 4.79 Å². The minimum Gasteiger partial charge on any atom is -0.668 e. The normalized spacial score (nSPS) is 30.9. The average Bonchev–Trinajstić information content (AvgIpc) is 2.71. The topological polar surface area (TPSA) is 40.9 Å². The second kappa shape index (κ2) is 7.95. The van der Waals surface area contributed by atoms with Crippen molar-refractivity contribution >= 4 is 29.8 Å². The number of hydrogen-bond acceptors (Lipinski definition) is 3. The van der Waals surface area contributed by atoms with Crippen LogP contribution in [0, 0.1) is 55.9 Å². The molecule has 2 nitrogen and oxygen atoms in total. The Bertz CT molecular complexity index is 301. The molecule has 3 atom stereocenters. The van der Waals surface area contributed by atoms with Crippen molar-refractivity contribution in [1.82, 2.24) is 0 Å². The summed E-state index contributed by atoms with van der Waals surface area (Å²) in [6.45, 7) is 2.18. The second-order valence-electron chi connectivity index (χ2n) is 4.65. The summed E-state index contributed by atoms with van der Waals surface area (Å²) in [5, 5.41) is 0. The molecule has 2 rings (SSSR count). The van der Waals surface area contributed by atoms with Crippen molar-refractivity contribution in [2.75, 3.05) is 11.5 Å². The molecule has 2 fully saturated rings. The van der Waals surface area contributed by atoms with Gasteiger partial charge in [-0.2, -0.15) is 0 Å². The van der Waals surface area contributed by atoms with E-state index in [-0.39, 0.29) is 50.0 Å². The molecule has 0 bridgehead atoms. The first kappa shape index (κ1) is 16.6. The zero-order chi connectivity index (χ0) is 11.5. The fourth-order valence-electron chi connectivity index (χ4n) is 2.49. The van der Waals surface area contributed by atoms with Gasteiger partial charge in [-0.1, -0.05) is 13.0 Å². The van der Waals surface area contributed by atoms with Crippen LogP contribution in [0.5, 0.6) is 0 Å². The van der Waals surface area contributed by atoms with Crippen molar-refractivity contribution in [3.63, 3.8) is 0 Å². The van der Waals surface area contributed by atoms with Crippen LogP contribution in [-0.4, -0.2) is 23.8 Å². The predicted octanol–water partition coefficient (Wildman–Crippen LogP) is 3.73. The number of carbonyl (C=O) groups is 1. The molecular weight excluding hydrogens is 465 g/mol. The van der Waals surface area contributed by atoms with Gasteiger partial charge >= 0.3 is 0 Å². The minimum atomic E-state index is -0.522. The van der Waals surface area contributed by atoms with Gasteiger partial charge in [-0.15, -0.1) is 23.5 Å². The molecule has 0 aromatic rings. The van der Waals surface area contributed by atoms with Gasteiger partial charge in [0.05, 0.1) is 0 Å². The summed E-state index contributed by atoms with van der Waals surface area (Å²) >= 11 is 3.95.